The predicted octanol–water partition coefficient (Wildman–Crippen LogP) is 1.15. The molecule has 0 saturated carbocycles. The Morgan fingerprint density at radius 3 is 2.49 bits per heavy atom. The lowest BCUT2D eigenvalue weighted by molar-refractivity contribution is -0.245. The zero-order chi connectivity index (χ0) is 28.2. The first kappa shape index (κ1) is 27.2. The first-order chi connectivity index (χ1) is 18.6. The monoisotopic (exact) mass is 541 g/mol. The minimum absolute atomic E-state index is 0.0225. The SMILES string of the molecule is CNC1C[C@H](OC2CC(C(=O)CO)Cc3c(O)c4c(c(O)c32)C(=O)c2c(OC)cccc2C4=O)OC(C)C1O. The van der Waals surface area contributed by atoms with Crippen LogP contribution in [-0.4, -0.2) is 83.1 Å². The number of phenols is 2. The van der Waals surface area contributed by atoms with Gasteiger partial charge in [0.2, 0.25) is 5.78 Å². The van der Waals surface area contributed by atoms with Gasteiger partial charge in [-0.05, 0) is 32.9 Å². The predicted molar refractivity (Wildman–Crippen MR) is 135 cm³/mol. The number of hydrogen-bond donors (Lipinski definition) is 5. The summed E-state index contributed by atoms with van der Waals surface area (Å²) in [7, 11) is 3.05. The highest BCUT2D eigenvalue weighted by molar-refractivity contribution is 6.31. The van der Waals surface area contributed by atoms with E-state index >= 15 is 0 Å². The largest absolute Gasteiger partial charge is 0.507 e. The average Bonchev–Trinajstić information content (AvgIpc) is 2.94. The lowest BCUT2D eigenvalue weighted by Crippen LogP contribution is -2.53. The van der Waals surface area contributed by atoms with E-state index in [-0.39, 0.29) is 64.4 Å². The molecule has 11 nitrogen and oxygen atoms in total. The summed E-state index contributed by atoms with van der Waals surface area (Å²) in [6.45, 7) is 0.951. The number of Topliss-reactive ketones (excluding diaryl/α,β-unsaturated/α-hetero) is 1. The van der Waals surface area contributed by atoms with Gasteiger partial charge in [-0.25, -0.2) is 0 Å². The first-order valence-electron chi connectivity index (χ1n) is 12.8. The Balaban J connectivity index is 1.64. The van der Waals surface area contributed by atoms with Crippen molar-refractivity contribution in [1.82, 2.24) is 5.32 Å². The molecule has 5 unspecified atom stereocenters. The smallest absolute Gasteiger partial charge is 0.202 e. The van der Waals surface area contributed by atoms with Crippen molar-refractivity contribution in [2.75, 3.05) is 20.8 Å². The second-order valence-corrected chi connectivity index (χ2v) is 10.2. The van der Waals surface area contributed by atoms with E-state index in [9.17, 15) is 34.8 Å². The molecule has 1 saturated heterocycles. The molecular formula is C28H31NO10. The number of likely N-dealkylation sites (N-methyl/N-ethyl adjacent to an activating group) is 1. The van der Waals surface area contributed by atoms with Crippen LogP contribution in [0.15, 0.2) is 18.2 Å². The Morgan fingerprint density at radius 1 is 1.10 bits per heavy atom. The standard InChI is InChI=1S/C28H31NO10/c1-11-24(32)15(29-2)9-19(38-11)39-18-8-12(16(31)10-30)7-14-21(18)28(36)23-22(26(14)34)25(33)13-5-4-6-17(37-3)20(13)27(23)35/h4-6,11-12,15,18-19,24,29-30,32,34,36H,7-10H2,1-3H3/t11?,12?,15?,18?,19-,24?/m0/s1. The molecule has 0 aromatic heterocycles. The minimum Gasteiger partial charge on any atom is -0.507 e. The molecule has 2 aliphatic carbocycles. The molecule has 5 N–H and O–H groups in total. The Labute approximate surface area is 224 Å². The number of aliphatic hydroxyl groups is 2. The number of ether oxygens (including phenoxy) is 3. The highest BCUT2D eigenvalue weighted by Gasteiger charge is 2.45. The van der Waals surface area contributed by atoms with Crippen molar-refractivity contribution in [3.05, 3.63) is 51.6 Å². The third-order valence-electron chi connectivity index (χ3n) is 8.04. The average molecular weight is 542 g/mol. The summed E-state index contributed by atoms with van der Waals surface area (Å²) in [5.41, 5.74) is -0.547. The van der Waals surface area contributed by atoms with Gasteiger partial charge in [0.15, 0.2) is 17.9 Å². The molecule has 6 atom stereocenters. The van der Waals surface area contributed by atoms with E-state index in [1.807, 2.05) is 0 Å². The van der Waals surface area contributed by atoms with E-state index in [2.05, 4.69) is 5.32 Å². The van der Waals surface area contributed by atoms with Gasteiger partial charge in [-0.3, -0.25) is 14.4 Å². The molecule has 1 fully saturated rings. The van der Waals surface area contributed by atoms with Crippen LogP contribution >= 0.6 is 0 Å². The quantitative estimate of drug-likeness (QED) is 0.283. The molecule has 2 aromatic rings. The number of rotatable bonds is 6. The summed E-state index contributed by atoms with van der Waals surface area (Å²) in [4.78, 5) is 39.8. The van der Waals surface area contributed by atoms with Gasteiger partial charge in [-0.15, -0.1) is 0 Å². The normalized spacial score (nSPS) is 27.9. The summed E-state index contributed by atoms with van der Waals surface area (Å²) in [5, 5.41) is 45.9. The maximum atomic E-state index is 13.7. The summed E-state index contributed by atoms with van der Waals surface area (Å²) in [6.07, 6.45) is -3.08. The van der Waals surface area contributed by atoms with Gasteiger partial charge >= 0.3 is 0 Å². The van der Waals surface area contributed by atoms with E-state index in [0.717, 1.165) is 0 Å². The highest BCUT2D eigenvalue weighted by atomic mass is 16.7. The van der Waals surface area contributed by atoms with Gasteiger partial charge in [-0.2, -0.15) is 0 Å². The van der Waals surface area contributed by atoms with Crippen LogP contribution in [0, 0.1) is 5.92 Å². The molecule has 11 heteroatoms. The van der Waals surface area contributed by atoms with Crippen molar-refractivity contribution in [2.45, 2.75) is 56.8 Å². The molecule has 1 aliphatic heterocycles. The van der Waals surface area contributed by atoms with Crippen LogP contribution < -0.4 is 10.1 Å². The van der Waals surface area contributed by atoms with Crippen molar-refractivity contribution in [1.29, 1.82) is 0 Å². The van der Waals surface area contributed by atoms with Crippen LogP contribution in [0.25, 0.3) is 0 Å². The lowest BCUT2D eigenvalue weighted by atomic mass is 9.73. The number of aliphatic hydroxyl groups excluding tert-OH is 2. The molecule has 1 heterocycles. The van der Waals surface area contributed by atoms with E-state index in [1.54, 1.807) is 20.0 Å². The zero-order valence-electron chi connectivity index (χ0n) is 21.8. The minimum atomic E-state index is -1.03. The highest BCUT2D eigenvalue weighted by Crippen LogP contribution is 2.51. The van der Waals surface area contributed by atoms with Crippen LogP contribution in [0.5, 0.6) is 17.2 Å². The van der Waals surface area contributed by atoms with Crippen LogP contribution in [0.2, 0.25) is 0 Å². The number of carbonyl (C=O) groups is 3. The molecule has 39 heavy (non-hydrogen) atoms. The lowest BCUT2D eigenvalue weighted by Gasteiger charge is -2.41. The van der Waals surface area contributed by atoms with Crippen molar-refractivity contribution in [3.63, 3.8) is 0 Å². The molecule has 0 spiro atoms. The maximum absolute atomic E-state index is 13.7. The van der Waals surface area contributed by atoms with Gasteiger partial charge in [0, 0.05) is 35.1 Å². The third kappa shape index (κ3) is 4.30. The summed E-state index contributed by atoms with van der Waals surface area (Å²) in [6, 6.07) is 4.15. The van der Waals surface area contributed by atoms with E-state index in [1.165, 1.54) is 19.2 Å². The Kier molecular flexibility index (Phi) is 7.21. The topological polar surface area (TPSA) is 172 Å². The van der Waals surface area contributed by atoms with Gasteiger partial charge in [-0.1, -0.05) is 12.1 Å². The molecule has 5 rings (SSSR count). The second kappa shape index (κ2) is 10.3. The van der Waals surface area contributed by atoms with E-state index in [0.29, 0.717) is 0 Å². The number of hydrogen-bond acceptors (Lipinski definition) is 11. The number of aromatic hydroxyl groups is 2. The van der Waals surface area contributed by atoms with Gasteiger partial charge < -0.3 is 40.0 Å². The Hall–Kier alpha value is -3.35. The number of carbonyl (C=O) groups excluding carboxylic acids is 3. The Bertz CT molecular complexity index is 1350. The van der Waals surface area contributed by atoms with Crippen LogP contribution in [0.3, 0.4) is 0 Å². The van der Waals surface area contributed by atoms with Crippen molar-refractivity contribution in [2.24, 2.45) is 5.92 Å². The fourth-order valence-corrected chi connectivity index (χ4v) is 5.99. The molecule has 0 bridgehead atoms. The van der Waals surface area contributed by atoms with Gasteiger partial charge in [0.1, 0.15) is 23.9 Å². The number of phenolic OH excluding ortho intramolecular Hbond substituents is 2. The summed E-state index contributed by atoms with van der Waals surface area (Å²) < 4.78 is 17.4. The molecule has 2 aromatic carbocycles. The van der Waals surface area contributed by atoms with Gasteiger partial charge in [0.25, 0.3) is 0 Å². The summed E-state index contributed by atoms with van der Waals surface area (Å²) >= 11 is 0. The molecule has 3 aliphatic rings. The van der Waals surface area contributed by atoms with Crippen molar-refractivity contribution >= 4 is 17.3 Å². The number of ketones is 3. The molecule has 208 valence electrons. The Morgan fingerprint density at radius 2 is 1.82 bits per heavy atom. The third-order valence-corrected chi connectivity index (χ3v) is 8.04. The maximum Gasteiger partial charge on any atom is 0.202 e. The molecule has 0 radical (unpaired) electrons. The van der Waals surface area contributed by atoms with Crippen LogP contribution in [-0.2, 0) is 20.7 Å². The molecular weight excluding hydrogens is 510 g/mol. The van der Waals surface area contributed by atoms with E-state index < -0.39 is 66.0 Å². The molecule has 0 amide bonds. The van der Waals surface area contributed by atoms with Crippen LogP contribution in [0.1, 0.15) is 68.8 Å². The first-order valence-corrected chi connectivity index (χ1v) is 12.8. The number of benzene rings is 2. The second-order valence-electron chi connectivity index (χ2n) is 10.2. The van der Waals surface area contributed by atoms with E-state index in [4.69, 9.17) is 14.2 Å². The number of nitrogens with one attached hydrogen (secondary N) is 1. The van der Waals surface area contributed by atoms with Gasteiger partial charge in [0.05, 0.1) is 42.1 Å². The number of fused-ring (bicyclic) bond motifs is 3. The van der Waals surface area contributed by atoms with Crippen molar-refractivity contribution in [3.8, 4) is 17.2 Å². The fourth-order valence-electron chi connectivity index (χ4n) is 5.99. The zero-order valence-corrected chi connectivity index (χ0v) is 21.8. The number of methoxy groups -OCH3 is 1. The fraction of sp³-hybridized carbons (Fsp3) is 0.464. The summed E-state index contributed by atoms with van der Waals surface area (Å²) in [5.74, 6) is -3.54. The van der Waals surface area contributed by atoms with Crippen molar-refractivity contribution < 1.29 is 49.0 Å². The van der Waals surface area contributed by atoms with Crippen LogP contribution in [0.4, 0.5) is 0 Å².